The number of thiophene rings is 1. The van der Waals surface area contributed by atoms with Gasteiger partial charge < -0.3 is 5.32 Å². The summed E-state index contributed by atoms with van der Waals surface area (Å²) in [4.78, 5) is 2.94. The summed E-state index contributed by atoms with van der Waals surface area (Å²) in [7, 11) is 0. The molecule has 0 aliphatic heterocycles. The van der Waals surface area contributed by atoms with Crippen molar-refractivity contribution in [2.24, 2.45) is 17.8 Å². The van der Waals surface area contributed by atoms with E-state index < -0.39 is 0 Å². The van der Waals surface area contributed by atoms with Crippen molar-refractivity contribution in [3.8, 4) is 0 Å². The predicted octanol–water partition coefficient (Wildman–Crippen LogP) is 4.18. The molecule has 5 unspecified atom stereocenters. The molecule has 1 aromatic rings. The predicted molar refractivity (Wildman–Crippen MR) is 83.7 cm³/mol. The van der Waals surface area contributed by atoms with Gasteiger partial charge in [0.25, 0.3) is 0 Å². The average molecular weight is 275 g/mol. The number of allylic oxidation sites excluding steroid dienone is 2. The van der Waals surface area contributed by atoms with Gasteiger partial charge in [0.05, 0.1) is 0 Å². The first-order valence-corrected chi connectivity index (χ1v) is 8.43. The van der Waals surface area contributed by atoms with Crippen LogP contribution in [-0.4, -0.2) is 12.1 Å². The molecule has 3 rings (SSSR count). The third-order valence-corrected chi connectivity index (χ3v) is 5.85. The van der Waals surface area contributed by atoms with Gasteiger partial charge in [-0.15, -0.1) is 11.3 Å². The lowest BCUT2D eigenvalue weighted by Gasteiger charge is -2.29. The summed E-state index contributed by atoms with van der Waals surface area (Å²) in [5.41, 5.74) is 0. The van der Waals surface area contributed by atoms with Crippen LogP contribution in [0.25, 0.3) is 0 Å². The molecule has 2 aliphatic rings. The molecule has 1 fully saturated rings. The second kappa shape index (κ2) is 5.41. The number of hydrogen-bond acceptors (Lipinski definition) is 2. The zero-order chi connectivity index (χ0) is 13.4. The Balaban J connectivity index is 1.52. The highest BCUT2D eigenvalue weighted by Gasteiger charge is 2.38. The van der Waals surface area contributed by atoms with Crippen LogP contribution < -0.4 is 5.32 Å². The molecule has 2 heteroatoms. The highest BCUT2D eigenvalue weighted by atomic mass is 32.1. The van der Waals surface area contributed by atoms with Crippen LogP contribution in [0.2, 0.25) is 0 Å². The molecule has 19 heavy (non-hydrogen) atoms. The van der Waals surface area contributed by atoms with Crippen molar-refractivity contribution < 1.29 is 0 Å². The van der Waals surface area contributed by atoms with E-state index in [0.29, 0.717) is 12.1 Å². The van der Waals surface area contributed by atoms with E-state index in [4.69, 9.17) is 0 Å². The van der Waals surface area contributed by atoms with Gasteiger partial charge in [-0.1, -0.05) is 12.2 Å². The van der Waals surface area contributed by atoms with E-state index in [9.17, 15) is 0 Å². The van der Waals surface area contributed by atoms with Crippen molar-refractivity contribution in [2.75, 3.05) is 0 Å². The topological polar surface area (TPSA) is 12.0 Å². The molecule has 1 aromatic heterocycles. The van der Waals surface area contributed by atoms with Crippen molar-refractivity contribution in [1.29, 1.82) is 0 Å². The van der Waals surface area contributed by atoms with Crippen LogP contribution in [-0.2, 0) is 6.42 Å². The van der Waals surface area contributed by atoms with Crippen LogP contribution in [0.4, 0.5) is 0 Å². The van der Waals surface area contributed by atoms with Crippen molar-refractivity contribution in [3.05, 3.63) is 34.0 Å². The Labute approximate surface area is 121 Å². The number of hydrogen-bond donors (Lipinski definition) is 1. The molecule has 2 aliphatic carbocycles. The lowest BCUT2D eigenvalue weighted by molar-refractivity contribution is 0.305. The fourth-order valence-corrected chi connectivity index (χ4v) is 4.95. The fourth-order valence-electron chi connectivity index (χ4n) is 3.93. The zero-order valence-corrected chi connectivity index (χ0v) is 13.0. The highest BCUT2D eigenvalue weighted by molar-refractivity contribution is 7.11. The molecule has 0 aromatic carbocycles. The monoisotopic (exact) mass is 275 g/mol. The molecule has 1 heterocycles. The average Bonchev–Trinajstić information content (AvgIpc) is 3.05. The molecule has 0 spiro atoms. The molecule has 0 radical (unpaired) electrons. The Hall–Kier alpha value is -0.600. The van der Waals surface area contributed by atoms with Crippen LogP contribution in [0.1, 0.15) is 36.4 Å². The molecule has 2 bridgehead atoms. The fraction of sp³-hybridized carbons (Fsp3) is 0.647. The van der Waals surface area contributed by atoms with Crippen molar-refractivity contribution in [2.45, 2.75) is 52.1 Å². The van der Waals surface area contributed by atoms with Gasteiger partial charge in [-0.2, -0.15) is 0 Å². The zero-order valence-electron chi connectivity index (χ0n) is 12.2. The maximum Gasteiger partial charge on any atom is 0.00896 e. The third kappa shape index (κ3) is 2.95. The molecule has 0 saturated heterocycles. The second-order valence-electron chi connectivity index (χ2n) is 6.52. The number of nitrogens with one attached hydrogen (secondary N) is 1. The number of aryl methyl sites for hydroxylation is 1. The first kappa shape index (κ1) is 13.4. The van der Waals surface area contributed by atoms with Gasteiger partial charge in [0, 0.05) is 21.8 Å². The van der Waals surface area contributed by atoms with Gasteiger partial charge in [0.1, 0.15) is 0 Å². The van der Waals surface area contributed by atoms with Crippen LogP contribution in [0, 0.1) is 24.7 Å². The minimum absolute atomic E-state index is 0.580. The first-order valence-electron chi connectivity index (χ1n) is 7.61. The molecular formula is C17H25NS. The third-order valence-electron chi connectivity index (χ3n) is 4.82. The van der Waals surface area contributed by atoms with Crippen LogP contribution in [0.5, 0.6) is 0 Å². The van der Waals surface area contributed by atoms with E-state index in [1.165, 1.54) is 29.0 Å². The normalized spacial score (nSPS) is 31.8. The first-order chi connectivity index (χ1) is 9.11. The minimum atomic E-state index is 0.580. The summed E-state index contributed by atoms with van der Waals surface area (Å²) in [5, 5.41) is 3.84. The smallest absolute Gasteiger partial charge is 0.00896 e. The number of rotatable bonds is 5. The van der Waals surface area contributed by atoms with Crippen LogP contribution in [0.3, 0.4) is 0 Å². The Morgan fingerprint density at radius 3 is 2.68 bits per heavy atom. The Bertz CT molecular complexity index is 462. The molecule has 1 saturated carbocycles. The molecular weight excluding hydrogens is 250 g/mol. The highest BCUT2D eigenvalue weighted by Crippen LogP contribution is 2.44. The minimum Gasteiger partial charge on any atom is -0.311 e. The SMILES string of the molecule is Cc1ccc(CC(C)NC(C)C2CC3C=CC2C3)s1. The molecule has 1 nitrogen and oxygen atoms in total. The van der Waals surface area contributed by atoms with Crippen LogP contribution >= 0.6 is 11.3 Å². The quantitative estimate of drug-likeness (QED) is 0.795. The van der Waals surface area contributed by atoms with E-state index >= 15 is 0 Å². The van der Waals surface area contributed by atoms with Crippen LogP contribution in [0.15, 0.2) is 24.3 Å². The number of fused-ring (bicyclic) bond motifs is 2. The summed E-state index contributed by atoms with van der Waals surface area (Å²) in [6.45, 7) is 6.90. The van der Waals surface area contributed by atoms with E-state index in [2.05, 4.69) is 50.4 Å². The lowest BCUT2D eigenvalue weighted by Crippen LogP contribution is -2.41. The molecule has 104 valence electrons. The Morgan fingerprint density at radius 2 is 2.11 bits per heavy atom. The van der Waals surface area contributed by atoms with Gasteiger partial charge in [0.2, 0.25) is 0 Å². The van der Waals surface area contributed by atoms with Crippen molar-refractivity contribution >= 4 is 11.3 Å². The van der Waals surface area contributed by atoms with Gasteiger partial charge in [-0.05, 0) is 69.9 Å². The van der Waals surface area contributed by atoms with E-state index in [1.807, 2.05) is 11.3 Å². The summed E-state index contributed by atoms with van der Waals surface area (Å²) in [6.07, 6.45) is 8.88. The standard InChI is InChI=1S/C17H25NS/c1-11(8-16-7-4-12(2)19-16)18-13(3)17-10-14-5-6-15(17)9-14/h4-7,11,13-15,17-18H,8-10H2,1-3H3. The summed E-state index contributed by atoms with van der Waals surface area (Å²) in [5.74, 6) is 2.60. The maximum absolute atomic E-state index is 3.84. The van der Waals surface area contributed by atoms with Gasteiger partial charge in [-0.3, -0.25) is 0 Å². The summed E-state index contributed by atoms with van der Waals surface area (Å²) < 4.78 is 0. The lowest BCUT2D eigenvalue weighted by atomic mass is 9.87. The van der Waals surface area contributed by atoms with E-state index in [0.717, 1.165) is 17.8 Å². The van der Waals surface area contributed by atoms with Crippen molar-refractivity contribution in [3.63, 3.8) is 0 Å². The van der Waals surface area contributed by atoms with E-state index in [1.54, 1.807) is 0 Å². The van der Waals surface area contributed by atoms with Gasteiger partial charge in [0.15, 0.2) is 0 Å². The molecule has 0 amide bonds. The molecule has 1 N–H and O–H groups in total. The summed E-state index contributed by atoms with van der Waals surface area (Å²) >= 11 is 1.94. The Morgan fingerprint density at radius 1 is 1.26 bits per heavy atom. The van der Waals surface area contributed by atoms with Gasteiger partial charge in [-0.25, -0.2) is 0 Å². The molecule has 5 atom stereocenters. The maximum atomic E-state index is 3.84. The van der Waals surface area contributed by atoms with Gasteiger partial charge >= 0.3 is 0 Å². The second-order valence-corrected chi connectivity index (χ2v) is 7.89. The largest absolute Gasteiger partial charge is 0.311 e. The summed E-state index contributed by atoms with van der Waals surface area (Å²) in [6, 6.07) is 5.74. The Kier molecular flexibility index (Phi) is 3.81. The van der Waals surface area contributed by atoms with E-state index in [-0.39, 0.29) is 0 Å². The van der Waals surface area contributed by atoms with Crippen molar-refractivity contribution in [1.82, 2.24) is 5.32 Å².